The van der Waals surface area contributed by atoms with Crippen molar-refractivity contribution in [3.63, 3.8) is 0 Å². The number of benzene rings is 2. The van der Waals surface area contributed by atoms with Gasteiger partial charge in [0.15, 0.2) is 0 Å². The minimum Gasteiger partial charge on any atom is -0.433 e. The number of hydrogen-bond donors (Lipinski definition) is 2. The third-order valence-corrected chi connectivity index (χ3v) is 3.55. The summed E-state index contributed by atoms with van der Waals surface area (Å²) in [6.45, 7) is -0.869. The van der Waals surface area contributed by atoms with Gasteiger partial charge < -0.3 is 15.4 Å². The normalized spacial score (nSPS) is 10.5. The van der Waals surface area contributed by atoms with Crippen LogP contribution < -0.4 is 15.4 Å². The molecule has 128 valence electrons. The molecule has 0 spiro atoms. The van der Waals surface area contributed by atoms with Gasteiger partial charge in [0.25, 0.3) is 0 Å². The zero-order chi connectivity index (χ0) is 17.5. The average Bonchev–Trinajstić information content (AvgIpc) is 2.52. The standard InChI is InChI=1S/C17H17ClF2N2O2/c1-11-3-2-4-14(24-16(19)20)15(11)22-17(23)21-10-9-12-5-7-13(18)8-6-12/h2-8,16H,9-10H2,1H3,(H2,21,22,23). The molecule has 0 atom stereocenters. The number of carbonyl (C=O) groups excluding carboxylic acids is 1. The first kappa shape index (κ1) is 18.0. The van der Waals surface area contributed by atoms with E-state index < -0.39 is 12.6 Å². The monoisotopic (exact) mass is 354 g/mol. The molecule has 7 heteroatoms. The maximum Gasteiger partial charge on any atom is 0.387 e. The van der Waals surface area contributed by atoms with Gasteiger partial charge >= 0.3 is 12.6 Å². The highest BCUT2D eigenvalue weighted by Gasteiger charge is 2.13. The van der Waals surface area contributed by atoms with Crippen molar-refractivity contribution >= 4 is 23.3 Å². The van der Waals surface area contributed by atoms with Gasteiger partial charge in [0.1, 0.15) is 5.75 Å². The lowest BCUT2D eigenvalue weighted by Gasteiger charge is -2.14. The van der Waals surface area contributed by atoms with Gasteiger partial charge in [-0.15, -0.1) is 0 Å². The summed E-state index contributed by atoms with van der Waals surface area (Å²) in [5.41, 5.74) is 1.88. The van der Waals surface area contributed by atoms with E-state index in [1.165, 1.54) is 6.07 Å². The van der Waals surface area contributed by atoms with Gasteiger partial charge in [-0.05, 0) is 42.7 Å². The second-order valence-electron chi connectivity index (χ2n) is 5.08. The average molecular weight is 355 g/mol. The molecule has 4 nitrogen and oxygen atoms in total. The summed E-state index contributed by atoms with van der Waals surface area (Å²) in [6, 6.07) is 11.5. The van der Waals surface area contributed by atoms with E-state index in [1.807, 2.05) is 12.1 Å². The van der Waals surface area contributed by atoms with Crippen LogP contribution >= 0.6 is 11.6 Å². The Morgan fingerprint density at radius 1 is 1.21 bits per heavy atom. The van der Waals surface area contributed by atoms with Crippen LogP contribution in [0, 0.1) is 6.92 Å². The summed E-state index contributed by atoms with van der Waals surface area (Å²) in [4.78, 5) is 12.0. The number of aryl methyl sites for hydroxylation is 1. The maximum absolute atomic E-state index is 12.4. The van der Waals surface area contributed by atoms with Crippen molar-refractivity contribution in [3.8, 4) is 5.75 Å². The number of carbonyl (C=O) groups is 1. The van der Waals surface area contributed by atoms with Crippen LogP contribution in [0.5, 0.6) is 5.75 Å². The summed E-state index contributed by atoms with van der Waals surface area (Å²) >= 11 is 5.81. The van der Waals surface area contributed by atoms with Crippen molar-refractivity contribution in [2.45, 2.75) is 20.0 Å². The first-order valence-corrected chi connectivity index (χ1v) is 7.67. The van der Waals surface area contributed by atoms with Crippen molar-refractivity contribution in [3.05, 3.63) is 58.6 Å². The molecule has 0 aliphatic rings. The molecule has 2 aromatic carbocycles. The number of ether oxygens (including phenoxy) is 1. The van der Waals surface area contributed by atoms with Gasteiger partial charge in [-0.1, -0.05) is 35.9 Å². The Balaban J connectivity index is 1.91. The van der Waals surface area contributed by atoms with Crippen LogP contribution in [0.2, 0.25) is 5.02 Å². The smallest absolute Gasteiger partial charge is 0.387 e. The first-order chi connectivity index (χ1) is 11.5. The molecule has 24 heavy (non-hydrogen) atoms. The molecule has 2 aromatic rings. The fourth-order valence-electron chi connectivity index (χ4n) is 2.12. The van der Waals surface area contributed by atoms with E-state index in [0.29, 0.717) is 23.6 Å². The molecule has 0 aromatic heterocycles. The SMILES string of the molecule is Cc1cccc(OC(F)F)c1NC(=O)NCCc1ccc(Cl)cc1. The van der Waals surface area contributed by atoms with Crippen molar-refractivity contribution < 1.29 is 18.3 Å². The van der Waals surface area contributed by atoms with Crippen molar-refractivity contribution in [2.24, 2.45) is 0 Å². The molecule has 0 radical (unpaired) electrons. The van der Waals surface area contributed by atoms with Crippen LogP contribution in [-0.4, -0.2) is 19.2 Å². The van der Waals surface area contributed by atoms with E-state index in [1.54, 1.807) is 31.2 Å². The number of alkyl halides is 2. The highest BCUT2D eigenvalue weighted by Crippen LogP contribution is 2.29. The predicted octanol–water partition coefficient (Wildman–Crippen LogP) is 4.61. The second kappa shape index (κ2) is 8.49. The minimum absolute atomic E-state index is 0.0714. The Morgan fingerprint density at radius 2 is 1.92 bits per heavy atom. The Labute approximate surface area is 143 Å². The molecular weight excluding hydrogens is 338 g/mol. The molecule has 0 aliphatic heterocycles. The highest BCUT2D eigenvalue weighted by molar-refractivity contribution is 6.30. The van der Waals surface area contributed by atoms with E-state index in [2.05, 4.69) is 15.4 Å². The Kier molecular flexibility index (Phi) is 6.37. The Bertz CT molecular complexity index is 693. The van der Waals surface area contributed by atoms with Crippen LogP contribution in [0.4, 0.5) is 19.3 Å². The largest absolute Gasteiger partial charge is 0.433 e. The number of anilines is 1. The lowest BCUT2D eigenvalue weighted by atomic mass is 10.1. The van der Waals surface area contributed by atoms with Gasteiger partial charge in [-0.3, -0.25) is 0 Å². The maximum atomic E-state index is 12.4. The second-order valence-corrected chi connectivity index (χ2v) is 5.52. The summed E-state index contributed by atoms with van der Waals surface area (Å²) in [5, 5.41) is 5.87. The summed E-state index contributed by atoms with van der Waals surface area (Å²) < 4.78 is 29.3. The molecule has 0 aliphatic carbocycles. The molecule has 0 saturated heterocycles. The Morgan fingerprint density at radius 3 is 2.58 bits per heavy atom. The molecular formula is C17H17ClF2N2O2. The number of nitrogens with one attached hydrogen (secondary N) is 2. The molecule has 2 rings (SSSR count). The summed E-state index contributed by atoms with van der Waals surface area (Å²) in [5.74, 6) is -0.0714. The molecule has 0 fully saturated rings. The summed E-state index contributed by atoms with van der Waals surface area (Å²) in [7, 11) is 0. The third kappa shape index (κ3) is 5.38. The van der Waals surface area contributed by atoms with Crippen molar-refractivity contribution in [1.29, 1.82) is 0 Å². The first-order valence-electron chi connectivity index (χ1n) is 7.29. The zero-order valence-corrected chi connectivity index (χ0v) is 13.7. The van der Waals surface area contributed by atoms with Crippen LogP contribution in [0.1, 0.15) is 11.1 Å². The molecule has 0 heterocycles. The van der Waals surface area contributed by atoms with Gasteiger partial charge in [0, 0.05) is 11.6 Å². The van der Waals surface area contributed by atoms with E-state index >= 15 is 0 Å². The molecule has 2 N–H and O–H groups in total. The van der Waals surface area contributed by atoms with Crippen molar-refractivity contribution in [1.82, 2.24) is 5.32 Å². The van der Waals surface area contributed by atoms with Gasteiger partial charge in [-0.25, -0.2) is 4.79 Å². The van der Waals surface area contributed by atoms with E-state index in [0.717, 1.165) is 5.56 Å². The molecule has 0 bridgehead atoms. The molecule has 0 unspecified atom stereocenters. The topological polar surface area (TPSA) is 50.4 Å². The zero-order valence-electron chi connectivity index (χ0n) is 13.0. The van der Waals surface area contributed by atoms with Crippen LogP contribution in [-0.2, 0) is 6.42 Å². The van der Waals surface area contributed by atoms with Crippen LogP contribution in [0.3, 0.4) is 0 Å². The van der Waals surface area contributed by atoms with Crippen LogP contribution in [0.25, 0.3) is 0 Å². The number of amides is 2. The lowest BCUT2D eigenvalue weighted by Crippen LogP contribution is -2.31. The van der Waals surface area contributed by atoms with E-state index in [-0.39, 0.29) is 11.4 Å². The fourth-order valence-corrected chi connectivity index (χ4v) is 2.25. The number of rotatable bonds is 6. The number of urea groups is 1. The quantitative estimate of drug-likeness (QED) is 0.795. The number of para-hydroxylation sites is 1. The number of halogens is 3. The Hall–Kier alpha value is -2.34. The highest BCUT2D eigenvalue weighted by atomic mass is 35.5. The number of hydrogen-bond acceptors (Lipinski definition) is 2. The van der Waals surface area contributed by atoms with Gasteiger partial charge in [-0.2, -0.15) is 8.78 Å². The lowest BCUT2D eigenvalue weighted by molar-refractivity contribution is -0.0493. The van der Waals surface area contributed by atoms with Gasteiger partial charge in [0.05, 0.1) is 5.69 Å². The van der Waals surface area contributed by atoms with Gasteiger partial charge in [0.2, 0.25) is 0 Å². The van der Waals surface area contributed by atoms with E-state index in [9.17, 15) is 13.6 Å². The minimum atomic E-state index is -2.96. The molecule has 0 saturated carbocycles. The van der Waals surface area contributed by atoms with Crippen molar-refractivity contribution in [2.75, 3.05) is 11.9 Å². The van der Waals surface area contributed by atoms with E-state index in [4.69, 9.17) is 11.6 Å². The third-order valence-electron chi connectivity index (χ3n) is 3.30. The molecule has 2 amide bonds. The van der Waals surface area contributed by atoms with Crippen LogP contribution in [0.15, 0.2) is 42.5 Å². The fraction of sp³-hybridized carbons (Fsp3) is 0.235. The predicted molar refractivity (Wildman–Crippen MR) is 90.0 cm³/mol. The summed E-state index contributed by atoms with van der Waals surface area (Å²) in [6.07, 6.45) is 0.624.